The van der Waals surface area contributed by atoms with Gasteiger partial charge in [0.25, 0.3) is 0 Å². The second-order valence-electron chi connectivity index (χ2n) is 10.4. The minimum Gasteiger partial charge on any atom is -0.387 e. The number of H-pyrrole nitrogens is 1. The molecule has 0 amide bonds. The molecule has 10 nitrogen and oxygen atoms in total. The van der Waals surface area contributed by atoms with Crippen molar-refractivity contribution in [2.75, 3.05) is 19.3 Å². The maximum Gasteiger partial charge on any atom is 0.164 e. The van der Waals surface area contributed by atoms with Gasteiger partial charge in [-0.05, 0) is 62.9 Å². The van der Waals surface area contributed by atoms with Gasteiger partial charge >= 0.3 is 0 Å². The Labute approximate surface area is 209 Å². The fourth-order valence-corrected chi connectivity index (χ4v) is 5.66. The molecule has 2 fully saturated rings. The van der Waals surface area contributed by atoms with Crippen molar-refractivity contribution in [1.82, 2.24) is 29.4 Å². The Morgan fingerprint density at radius 1 is 1.19 bits per heavy atom. The average molecular weight is 492 g/mol. The van der Waals surface area contributed by atoms with Crippen LogP contribution in [0.15, 0.2) is 36.8 Å². The van der Waals surface area contributed by atoms with Crippen LogP contribution in [-0.2, 0) is 11.2 Å². The first-order valence-corrected chi connectivity index (χ1v) is 12.6. The number of likely N-dealkylation sites (N-methyl/N-ethyl adjacent to an activating group) is 1. The quantitative estimate of drug-likeness (QED) is 0.309. The molecule has 36 heavy (non-hydrogen) atoms. The lowest BCUT2D eigenvalue weighted by Gasteiger charge is -2.42. The number of aliphatic hydroxyl groups excluding tert-OH is 2. The number of nitrogens with one attached hydrogen (secondary N) is 1. The van der Waals surface area contributed by atoms with Crippen molar-refractivity contribution in [3.8, 4) is 0 Å². The summed E-state index contributed by atoms with van der Waals surface area (Å²) in [6.45, 7) is 2.63. The van der Waals surface area contributed by atoms with E-state index in [1.54, 1.807) is 16.8 Å². The molecule has 4 aromatic rings. The monoisotopic (exact) mass is 491 g/mol. The highest BCUT2D eigenvalue weighted by Gasteiger charge is 2.45. The van der Waals surface area contributed by atoms with Gasteiger partial charge in [-0.3, -0.25) is 0 Å². The molecule has 10 heteroatoms. The van der Waals surface area contributed by atoms with Crippen LogP contribution < -0.4 is 5.73 Å². The van der Waals surface area contributed by atoms with E-state index in [2.05, 4.69) is 52.0 Å². The molecule has 1 aromatic carbocycles. The smallest absolute Gasteiger partial charge is 0.164 e. The molecule has 4 heterocycles. The molecule has 6 rings (SSSR count). The number of nitrogens with two attached hydrogens (primary N) is 1. The van der Waals surface area contributed by atoms with Crippen molar-refractivity contribution in [3.63, 3.8) is 0 Å². The number of benzene rings is 1. The predicted molar refractivity (Wildman–Crippen MR) is 136 cm³/mol. The summed E-state index contributed by atoms with van der Waals surface area (Å²) in [6.07, 6.45) is 4.17. The SMILES string of the molecule is Cc1ccc2[nH]c(CC[C@H]3C[C@@H](N(C)C[C@H]4O[C@@H](n5ccc6c(N)ncnc65)[C@H](O)[C@@H]4O)C3)nc2c1. The number of aromatic nitrogens is 5. The van der Waals surface area contributed by atoms with Crippen LogP contribution >= 0.6 is 0 Å². The van der Waals surface area contributed by atoms with Crippen LogP contribution in [0.2, 0.25) is 0 Å². The zero-order valence-corrected chi connectivity index (χ0v) is 20.6. The third-order valence-corrected chi connectivity index (χ3v) is 7.93. The van der Waals surface area contributed by atoms with E-state index in [1.165, 1.54) is 11.9 Å². The van der Waals surface area contributed by atoms with Crippen LogP contribution in [0.25, 0.3) is 22.1 Å². The standard InChI is InChI=1S/C26H33N7O3/c1-14-3-5-18-19(9-14)31-21(30-18)6-4-15-10-16(11-15)32(2)12-20-22(34)23(35)26(36-20)33-8-7-17-24(27)28-13-29-25(17)33/h3,5,7-9,13,15-16,20,22-23,26,34-35H,4,6,10-12H2,1-2H3,(H,30,31)(H2,27,28,29)/t15-,16+,20-,22-,23-,26-/m1/s1. The summed E-state index contributed by atoms with van der Waals surface area (Å²) in [5.41, 5.74) is 9.88. The van der Waals surface area contributed by atoms with Gasteiger partial charge < -0.3 is 35.1 Å². The summed E-state index contributed by atoms with van der Waals surface area (Å²) in [5, 5.41) is 22.2. The number of aryl methyl sites for hydroxylation is 2. The number of fused-ring (bicyclic) bond motifs is 2. The van der Waals surface area contributed by atoms with Gasteiger partial charge in [0.2, 0.25) is 0 Å². The number of hydrogen-bond acceptors (Lipinski definition) is 8. The van der Waals surface area contributed by atoms with Crippen molar-refractivity contribution >= 4 is 27.9 Å². The lowest BCUT2D eigenvalue weighted by molar-refractivity contribution is -0.0512. The van der Waals surface area contributed by atoms with Gasteiger partial charge in [-0.1, -0.05) is 6.07 Å². The summed E-state index contributed by atoms with van der Waals surface area (Å²) in [4.78, 5) is 18.7. The molecule has 2 aliphatic rings. The molecule has 1 saturated carbocycles. The van der Waals surface area contributed by atoms with Gasteiger partial charge in [0.15, 0.2) is 6.23 Å². The molecular formula is C26H33N7O3. The third-order valence-electron chi connectivity index (χ3n) is 7.93. The molecule has 0 unspecified atom stereocenters. The molecule has 4 atom stereocenters. The van der Waals surface area contributed by atoms with Crippen molar-refractivity contribution in [1.29, 1.82) is 0 Å². The number of rotatable bonds is 7. The zero-order valence-electron chi connectivity index (χ0n) is 20.6. The maximum absolute atomic E-state index is 10.7. The molecule has 0 radical (unpaired) electrons. The summed E-state index contributed by atoms with van der Waals surface area (Å²) < 4.78 is 7.87. The molecular weight excluding hydrogens is 458 g/mol. The highest BCUT2D eigenvalue weighted by Crippen LogP contribution is 2.37. The highest BCUT2D eigenvalue weighted by molar-refractivity contribution is 5.86. The topological polar surface area (TPSA) is 138 Å². The Hall–Kier alpha value is -3.05. The Balaban J connectivity index is 1.02. The van der Waals surface area contributed by atoms with Gasteiger partial charge in [-0.2, -0.15) is 0 Å². The number of aromatic amines is 1. The second-order valence-corrected chi connectivity index (χ2v) is 10.4. The fourth-order valence-electron chi connectivity index (χ4n) is 5.66. The van der Waals surface area contributed by atoms with Gasteiger partial charge in [-0.25, -0.2) is 15.0 Å². The first-order valence-electron chi connectivity index (χ1n) is 12.6. The molecule has 1 saturated heterocycles. The summed E-state index contributed by atoms with van der Waals surface area (Å²) in [7, 11) is 2.07. The number of ether oxygens (including phenoxy) is 1. The number of imidazole rings is 1. The average Bonchev–Trinajstić information content (AvgIpc) is 3.50. The molecule has 0 spiro atoms. The van der Waals surface area contributed by atoms with E-state index in [4.69, 9.17) is 15.5 Å². The molecule has 190 valence electrons. The Morgan fingerprint density at radius 2 is 2.03 bits per heavy atom. The largest absolute Gasteiger partial charge is 0.387 e. The van der Waals surface area contributed by atoms with Gasteiger partial charge in [-0.15, -0.1) is 0 Å². The Morgan fingerprint density at radius 3 is 2.86 bits per heavy atom. The maximum atomic E-state index is 10.7. The van der Waals surface area contributed by atoms with Crippen molar-refractivity contribution in [2.24, 2.45) is 5.92 Å². The first-order chi connectivity index (χ1) is 17.4. The summed E-state index contributed by atoms with van der Waals surface area (Å²) in [5.74, 6) is 2.09. The second kappa shape index (κ2) is 9.11. The number of nitrogens with zero attached hydrogens (tertiary/aromatic N) is 5. The van der Waals surface area contributed by atoms with Gasteiger partial charge in [0, 0.05) is 25.2 Å². The van der Waals surface area contributed by atoms with Crippen LogP contribution in [0, 0.1) is 12.8 Å². The number of anilines is 1. The van der Waals surface area contributed by atoms with Crippen molar-refractivity contribution in [3.05, 3.63) is 48.2 Å². The third kappa shape index (κ3) is 4.13. The van der Waals surface area contributed by atoms with Gasteiger partial charge in [0.1, 0.15) is 41.9 Å². The number of aliphatic hydroxyl groups is 2. The van der Waals surface area contributed by atoms with Crippen LogP contribution in [0.5, 0.6) is 0 Å². The molecule has 5 N–H and O–H groups in total. The number of hydrogen-bond donors (Lipinski definition) is 4. The van der Waals surface area contributed by atoms with E-state index in [0.717, 1.165) is 42.5 Å². The van der Waals surface area contributed by atoms with Crippen molar-refractivity contribution < 1.29 is 14.9 Å². The van der Waals surface area contributed by atoms with E-state index in [1.807, 2.05) is 0 Å². The van der Waals surface area contributed by atoms with Crippen LogP contribution in [0.3, 0.4) is 0 Å². The normalized spacial score (nSPS) is 28.4. The molecule has 0 bridgehead atoms. The summed E-state index contributed by atoms with van der Waals surface area (Å²) in [6, 6.07) is 8.56. The minimum atomic E-state index is -1.06. The fraction of sp³-hybridized carbons (Fsp3) is 0.500. The van der Waals surface area contributed by atoms with Gasteiger partial charge in [0.05, 0.1) is 16.4 Å². The van der Waals surface area contributed by atoms with E-state index >= 15 is 0 Å². The number of nitrogen functional groups attached to an aromatic ring is 1. The van der Waals surface area contributed by atoms with Crippen LogP contribution in [0.1, 0.15) is 36.9 Å². The summed E-state index contributed by atoms with van der Waals surface area (Å²) >= 11 is 0. The first kappa shape index (κ1) is 23.4. The van der Waals surface area contributed by atoms with E-state index < -0.39 is 24.5 Å². The zero-order chi connectivity index (χ0) is 25.0. The van der Waals surface area contributed by atoms with Crippen LogP contribution in [0.4, 0.5) is 5.82 Å². The highest BCUT2D eigenvalue weighted by atomic mass is 16.6. The van der Waals surface area contributed by atoms with Crippen LogP contribution in [-0.4, -0.2) is 77.6 Å². The molecule has 1 aliphatic heterocycles. The van der Waals surface area contributed by atoms with E-state index in [0.29, 0.717) is 35.4 Å². The Kier molecular flexibility index (Phi) is 5.91. The lowest BCUT2D eigenvalue weighted by Crippen LogP contribution is -2.47. The minimum absolute atomic E-state index is 0.373. The molecule has 3 aromatic heterocycles. The predicted octanol–water partition coefficient (Wildman–Crippen LogP) is 2.16. The Bertz CT molecular complexity index is 1380. The van der Waals surface area contributed by atoms with E-state index in [-0.39, 0.29) is 0 Å². The van der Waals surface area contributed by atoms with Crippen molar-refractivity contribution in [2.45, 2.75) is 63.2 Å². The molecule has 1 aliphatic carbocycles. The van der Waals surface area contributed by atoms with E-state index in [9.17, 15) is 10.2 Å². The lowest BCUT2D eigenvalue weighted by atomic mass is 9.76.